The van der Waals surface area contributed by atoms with Gasteiger partial charge in [0, 0.05) is 11.1 Å². The Balaban J connectivity index is 1.89. The first-order chi connectivity index (χ1) is 10.5. The molecule has 0 bridgehead atoms. The Bertz CT molecular complexity index is 668. The molecule has 1 aromatic carbocycles. The normalized spacial score (nSPS) is 10.0. The summed E-state index contributed by atoms with van der Waals surface area (Å²) in [6, 6.07) is 6.72. The van der Waals surface area contributed by atoms with Crippen molar-refractivity contribution in [3.8, 4) is 0 Å². The Hall–Kier alpha value is -2.74. The Labute approximate surface area is 130 Å². The van der Waals surface area contributed by atoms with Crippen molar-refractivity contribution in [2.75, 3.05) is 11.9 Å². The Morgan fingerprint density at radius 1 is 1.18 bits per heavy atom. The summed E-state index contributed by atoms with van der Waals surface area (Å²) in [6.45, 7) is -0.402. The van der Waals surface area contributed by atoms with Crippen LogP contribution in [0.25, 0.3) is 0 Å². The third-order valence-corrected chi connectivity index (χ3v) is 3.26. The van der Waals surface area contributed by atoms with Crippen LogP contribution in [0.5, 0.6) is 0 Å². The fourth-order valence-corrected chi connectivity index (χ4v) is 2.18. The molecule has 0 saturated carbocycles. The molecule has 0 spiro atoms. The molecule has 7 nitrogen and oxygen atoms in total. The number of aliphatic carboxylic acids is 1. The number of amides is 2. The van der Waals surface area contributed by atoms with E-state index >= 15 is 0 Å². The van der Waals surface area contributed by atoms with E-state index in [-0.39, 0.29) is 18.2 Å². The minimum atomic E-state index is -1.09. The van der Waals surface area contributed by atoms with Crippen LogP contribution in [-0.2, 0) is 16.0 Å². The number of carbonyl (C=O) groups is 3. The molecule has 0 saturated heterocycles. The van der Waals surface area contributed by atoms with Crippen molar-refractivity contribution in [3.63, 3.8) is 0 Å². The van der Waals surface area contributed by atoms with E-state index in [1.165, 1.54) is 11.3 Å². The van der Waals surface area contributed by atoms with Gasteiger partial charge in [0.1, 0.15) is 12.2 Å². The molecule has 1 heterocycles. The maximum Gasteiger partial charge on any atom is 0.322 e. The number of carboxylic acids is 1. The van der Waals surface area contributed by atoms with E-state index in [1.54, 1.807) is 35.2 Å². The van der Waals surface area contributed by atoms with Crippen molar-refractivity contribution in [1.82, 2.24) is 10.3 Å². The zero-order chi connectivity index (χ0) is 15.9. The fraction of sp³-hybridized carbons (Fsp3) is 0.143. The van der Waals surface area contributed by atoms with Gasteiger partial charge in [-0.15, -0.1) is 11.3 Å². The van der Waals surface area contributed by atoms with Crippen molar-refractivity contribution in [2.45, 2.75) is 6.42 Å². The summed E-state index contributed by atoms with van der Waals surface area (Å²) in [5.74, 6) is -1.76. The largest absolute Gasteiger partial charge is 0.480 e. The van der Waals surface area contributed by atoms with E-state index in [1.807, 2.05) is 0 Å². The summed E-state index contributed by atoms with van der Waals surface area (Å²) in [7, 11) is 0. The van der Waals surface area contributed by atoms with Crippen LogP contribution in [0.15, 0.2) is 35.2 Å². The molecule has 2 amide bonds. The van der Waals surface area contributed by atoms with Crippen LogP contribution in [-0.4, -0.2) is 34.4 Å². The average Bonchev–Trinajstić information content (AvgIpc) is 3.01. The highest BCUT2D eigenvalue weighted by Gasteiger charge is 2.09. The molecule has 114 valence electrons. The fourth-order valence-electron chi connectivity index (χ4n) is 1.65. The van der Waals surface area contributed by atoms with E-state index in [4.69, 9.17) is 5.11 Å². The molecule has 2 rings (SSSR count). The molecule has 1 aromatic heterocycles. The molecule has 0 atom stereocenters. The summed E-state index contributed by atoms with van der Waals surface area (Å²) >= 11 is 1.34. The molecule has 0 radical (unpaired) electrons. The van der Waals surface area contributed by atoms with E-state index in [9.17, 15) is 14.4 Å². The van der Waals surface area contributed by atoms with Gasteiger partial charge >= 0.3 is 5.97 Å². The Morgan fingerprint density at radius 3 is 2.50 bits per heavy atom. The SMILES string of the molecule is O=C(O)CNC(=O)Cc1ccc(NC(=O)c2cscn2)cc1. The lowest BCUT2D eigenvalue weighted by Gasteiger charge is -2.06. The van der Waals surface area contributed by atoms with Gasteiger partial charge in [0.15, 0.2) is 0 Å². The standard InChI is InChI=1S/C14H13N3O4S/c18-12(15-6-13(19)20)5-9-1-3-10(4-2-9)17-14(21)11-7-22-8-16-11/h1-4,7-8H,5-6H2,(H,15,18)(H,17,21)(H,19,20). The molecule has 22 heavy (non-hydrogen) atoms. The quantitative estimate of drug-likeness (QED) is 0.740. The van der Waals surface area contributed by atoms with E-state index < -0.39 is 12.5 Å². The van der Waals surface area contributed by atoms with E-state index in [0.717, 1.165) is 5.56 Å². The van der Waals surface area contributed by atoms with Gasteiger partial charge in [-0.1, -0.05) is 12.1 Å². The number of rotatable bonds is 6. The molecule has 0 aliphatic carbocycles. The minimum Gasteiger partial charge on any atom is -0.480 e. The summed E-state index contributed by atoms with van der Waals surface area (Å²) < 4.78 is 0. The summed E-state index contributed by atoms with van der Waals surface area (Å²) in [5.41, 5.74) is 3.23. The van der Waals surface area contributed by atoms with Crippen LogP contribution in [0.4, 0.5) is 5.69 Å². The number of carboxylic acid groups (broad SMARTS) is 1. The zero-order valence-electron chi connectivity index (χ0n) is 11.4. The zero-order valence-corrected chi connectivity index (χ0v) is 12.2. The van der Waals surface area contributed by atoms with Gasteiger partial charge < -0.3 is 15.7 Å². The predicted octanol–water partition coefficient (Wildman–Crippen LogP) is 1.14. The number of hydrogen-bond acceptors (Lipinski definition) is 5. The number of benzene rings is 1. The maximum atomic E-state index is 11.8. The van der Waals surface area contributed by atoms with Gasteiger partial charge in [-0.2, -0.15) is 0 Å². The molecule has 3 N–H and O–H groups in total. The van der Waals surface area contributed by atoms with Crippen molar-refractivity contribution < 1.29 is 19.5 Å². The van der Waals surface area contributed by atoms with Gasteiger partial charge in [0.2, 0.25) is 5.91 Å². The Morgan fingerprint density at radius 2 is 1.91 bits per heavy atom. The van der Waals surface area contributed by atoms with Crippen molar-refractivity contribution in [1.29, 1.82) is 0 Å². The van der Waals surface area contributed by atoms with E-state index in [2.05, 4.69) is 15.6 Å². The predicted molar refractivity (Wildman–Crippen MR) is 80.9 cm³/mol. The smallest absolute Gasteiger partial charge is 0.322 e. The number of hydrogen-bond donors (Lipinski definition) is 3. The molecule has 8 heteroatoms. The first-order valence-electron chi connectivity index (χ1n) is 6.31. The lowest BCUT2D eigenvalue weighted by molar-refractivity contribution is -0.137. The summed E-state index contributed by atoms with van der Waals surface area (Å²) in [5, 5.41) is 15.1. The Kier molecular flexibility index (Phi) is 5.21. The number of aromatic nitrogens is 1. The summed E-state index contributed by atoms with van der Waals surface area (Å²) in [4.78, 5) is 37.5. The number of nitrogens with one attached hydrogen (secondary N) is 2. The molecular weight excluding hydrogens is 306 g/mol. The average molecular weight is 319 g/mol. The highest BCUT2D eigenvalue weighted by atomic mass is 32.1. The topological polar surface area (TPSA) is 108 Å². The molecular formula is C14H13N3O4S. The highest BCUT2D eigenvalue weighted by molar-refractivity contribution is 7.07. The van der Waals surface area contributed by atoms with Crippen LogP contribution in [0, 0.1) is 0 Å². The van der Waals surface area contributed by atoms with Crippen molar-refractivity contribution in [3.05, 3.63) is 46.4 Å². The first kappa shape index (κ1) is 15.6. The lowest BCUT2D eigenvalue weighted by atomic mass is 10.1. The lowest BCUT2D eigenvalue weighted by Crippen LogP contribution is -2.30. The van der Waals surface area contributed by atoms with Crippen LogP contribution in [0.3, 0.4) is 0 Å². The van der Waals surface area contributed by atoms with Gasteiger partial charge in [0.25, 0.3) is 5.91 Å². The first-order valence-corrected chi connectivity index (χ1v) is 7.26. The molecule has 2 aromatic rings. The highest BCUT2D eigenvalue weighted by Crippen LogP contribution is 2.12. The molecule has 0 fully saturated rings. The van der Waals surface area contributed by atoms with Crippen LogP contribution >= 0.6 is 11.3 Å². The second kappa shape index (κ2) is 7.32. The van der Waals surface area contributed by atoms with E-state index in [0.29, 0.717) is 11.4 Å². The molecule has 0 aliphatic heterocycles. The third-order valence-electron chi connectivity index (χ3n) is 2.68. The molecule has 0 aliphatic rings. The number of nitrogens with zero attached hydrogens (tertiary/aromatic N) is 1. The van der Waals surface area contributed by atoms with Crippen LogP contribution in [0.2, 0.25) is 0 Å². The van der Waals surface area contributed by atoms with Crippen LogP contribution in [0.1, 0.15) is 16.1 Å². The number of carbonyl (C=O) groups excluding carboxylic acids is 2. The van der Waals surface area contributed by atoms with Crippen molar-refractivity contribution >= 4 is 34.8 Å². The minimum absolute atomic E-state index is 0.0770. The molecule has 0 unspecified atom stereocenters. The van der Waals surface area contributed by atoms with Gasteiger partial charge in [-0.3, -0.25) is 14.4 Å². The number of anilines is 1. The third kappa shape index (κ3) is 4.67. The van der Waals surface area contributed by atoms with Gasteiger partial charge in [-0.25, -0.2) is 4.98 Å². The van der Waals surface area contributed by atoms with Crippen LogP contribution < -0.4 is 10.6 Å². The second-order valence-corrected chi connectivity index (χ2v) is 5.09. The van der Waals surface area contributed by atoms with Crippen molar-refractivity contribution in [2.24, 2.45) is 0 Å². The van der Waals surface area contributed by atoms with Gasteiger partial charge in [0.05, 0.1) is 11.9 Å². The summed E-state index contributed by atoms with van der Waals surface area (Å²) in [6.07, 6.45) is 0.0770. The monoisotopic (exact) mass is 319 g/mol. The van der Waals surface area contributed by atoms with Gasteiger partial charge in [-0.05, 0) is 17.7 Å². The maximum absolute atomic E-state index is 11.8. The second-order valence-electron chi connectivity index (χ2n) is 4.37. The number of thiazole rings is 1.